The number of ketones is 2. The third-order valence-electron chi connectivity index (χ3n) is 9.00. The summed E-state index contributed by atoms with van der Waals surface area (Å²) in [6.45, 7) is 3.80. The van der Waals surface area contributed by atoms with Gasteiger partial charge in [-0.3, -0.25) is 9.59 Å². The molecule has 0 heterocycles. The number of aliphatic hydroxyl groups excluding tert-OH is 1. The van der Waals surface area contributed by atoms with E-state index in [2.05, 4.69) is 4.52 Å². The number of allylic oxidation sites excluding steroid dienone is 4. The van der Waals surface area contributed by atoms with Gasteiger partial charge in [-0.15, -0.1) is 0 Å². The van der Waals surface area contributed by atoms with Crippen LogP contribution in [-0.4, -0.2) is 45.8 Å². The van der Waals surface area contributed by atoms with Crippen molar-refractivity contribution in [3.63, 3.8) is 0 Å². The van der Waals surface area contributed by atoms with E-state index in [4.69, 9.17) is 0 Å². The topological polar surface area (TPSA) is 147 Å². The molecular weight excluding hydrogens is 488 g/mol. The molecule has 0 aromatic carbocycles. The van der Waals surface area contributed by atoms with Gasteiger partial charge in [-0.1, -0.05) is 25.5 Å². The van der Waals surface area contributed by atoms with Crippen molar-refractivity contribution in [2.75, 3.05) is 6.61 Å². The molecule has 0 aromatic heterocycles. The zero-order valence-electron chi connectivity index (χ0n) is 20.2. The summed E-state index contributed by atoms with van der Waals surface area (Å²) >= 11 is 0. The minimum atomic E-state index is -5.43. The maximum Gasteiger partial charge on any atom is 1.00 e. The van der Waals surface area contributed by atoms with Gasteiger partial charge in [0, 0.05) is 16.7 Å². The number of hydrogen-bond donors (Lipinski definition) is 2. The van der Waals surface area contributed by atoms with E-state index in [1.54, 1.807) is 20.8 Å². The number of phosphoric acid groups is 1. The van der Waals surface area contributed by atoms with Gasteiger partial charge in [-0.2, -0.15) is 0 Å². The summed E-state index contributed by atoms with van der Waals surface area (Å²) < 4.78 is 32.0. The Bertz CT molecular complexity index is 984. The molecule has 178 valence electrons. The molecule has 34 heavy (non-hydrogen) atoms. The SMILES string of the molecule is C[C@H]1C[C@H]2[C@@H]3CCC4=CC(=O)C=C[C@]4(C)[C@]3(F)[C@H](O)C[C@]2(C)[C@@]1(O)C(=O)COP(=O)([O-])[O-].[Na+].[Na+]. The van der Waals surface area contributed by atoms with Crippen LogP contribution in [-0.2, 0) is 18.7 Å². The van der Waals surface area contributed by atoms with Crippen LogP contribution < -0.4 is 68.9 Å². The molecule has 0 unspecified atom stereocenters. The second-order valence-corrected chi connectivity index (χ2v) is 11.5. The average molecular weight is 516 g/mol. The third-order valence-corrected chi connectivity index (χ3v) is 9.45. The Kier molecular flexibility index (Phi) is 8.96. The number of Topliss-reactive ketones (excluding diaryl/α,β-unsaturated/α-hetero) is 1. The van der Waals surface area contributed by atoms with E-state index in [9.17, 15) is 34.2 Å². The van der Waals surface area contributed by atoms with Crippen molar-refractivity contribution < 1.29 is 102 Å². The predicted octanol–water partition coefficient (Wildman–Crippen LogP) is -5.24. The van der Waals surface area contributed by atoms with Crippen LogP contribution in [0.4, 0.5) is 4.39 Å². The number of hydrogen-bond acceptors (Lipinski definition) is 8. The number of phosphoric ester groups is 1. The van der Waals surface area contributed by atoms with Crippen LogP contribution in [0.5, 0.6) is 0 Å². The van der Waals surface area contributed by atoms with E-state index in [0.29, 0.717) is 18.4 Å². The van der Waals surface area contributed by atoms with Crippen LogP contribution in [0.1, 0.15) is 46.5 Å². The fourth-order valence-corrected chi connectivity index (χ4v) is 7.66. The number of alkyl halides is 1. The number of fused-ring (bicyclic) bond motifs is 5. The summed E-state index contributed by atoms with van der Waals surface area (Å²) in [6, 6.07) is 0. The molecule has 0 spiro atoms. The normalized spacial score (nSPS) is 45.2. The molecule has 0 aliphatic heterocycles. The number of carbonyl (C=O) groups is 2. The van der Waals surface area contributed by atoms with E-state index in [0.717, 1.165) is 0 Å². The van der Waals surface area contributed by atoms with E-state index in [-0.39, 0.29) is 77.7 Å². The minimum absolute atomic E-state index is 0. The molecule has 8 nitrogen and oxygen atoms in total. The zero-order chi connectivity index (χ0) is 23.9. The first-order valence-corrected chi connectivity index (χ1v) is 12.3. The van der Waals surface area contributed by atoms with Crippen LogP contribution in [0.3, 0.4) is 0 Å². The molecule has 4 aliphatic rings. The van der Waals surface area contributed by atoms with E-state index < -0.39 is 66.2 Å². The minimum Gasteiger partial charge on any atom is -0.790 e. The monoisotopic (exact) mass is 516 g/mol. The smallest absolute Gasteiger partial charge is 0.790 e. The van der Waals surface area contributed by atoms with Gasteiger partial charge in [0.25, 0.3) is 0 Å². The molecule has 12 heteroatoms. The molecule has 8 atom stereocenters. The Balaban J connectivity index is 0.00000204. The Labute approximate surface area is 242 Å². The first kappa shape index (κ1) is 31.0. The summed E-state index contributed by atoms with van der Waals surface area (Å²) in [6.07, 6.45) is 3.54. The standard InChI is InChI=1S/C22H30FO8P.2Na/c1-12-8-16-15-5-4-13-9-14(24)6-7-19(13,2)21(15,23)17(25)10-20(16,3)22(12,27)18(26)11-31-32(28,29)30;;/h6-7,9,12,15-17,25,27H,4-5,8,10-11H2,1-3H3,(H2,28,29,30);;/q;2*+1/p-2/t12-,15-,16-,17+,19-,20-,21+,22-;;/m0../s1. The van der Waals surface area contributed by atoms with Crippen molar-refractivity contribution in [1.82, 2.24) is 0 Å². The molecule has 0 amide bonds. The molecule has 3 fully saturated rings. The summed E-state index contributed by atoms with van der Waals surface area (Å²) in [7, 11) is -5.43. The Hall–Kier alpha value is 0.780. The molecule has 3 saturated carbocycles. The molecule has 0 radical (unpaired) electrons. The summed E-state index contributed by atoms with van der Waals surface area (Å²) in [5.41, 5.74) is -6.03. The van der Waals surface area contributed by atoms with Crippen LogP contribution >= 0.6 is 7.82 Å². The maximum absolute atomic E-state index is 17.0. The van der Waals surface area contributed by atoms with Crippen LogP contribution in [0.2, 0.25) is 0 Å². The Morgan fingerprint density at radius 3 is 2.50 bits per heavy atom. The van der Waals surface area contributed by atoms with E-state index >= 15 is 4.39 Å². The van der Waals surface area contributed by atoms with Gasteiger partial charge in [0.2, 0.25) is 0 Å². The Morgan fingerprint density at radius 1 is 1.29 bits per heavy atom. The molecule has 4 rings (SSSR count). The third kappa shape index (κ3) is 4.20. The van der Waals surface area contributed by atoms with Crippen LogP contribution in [0.15, 0.2) is 23.8 Å². The van der Waals surface area contributed by atoms with Gasteiger partial charge < -0.3 is 29.1 Å². The zero-order valence-corrected chi connectivity index (χ0v) is 25.1. The molecular formula is C22H28FNa2O8P. The second-order valence-electron chi connectivity index (χ2n) is 10.3. The summed E-state index contributed by atoms with van der Waals surface area (Å²) in [5.74, 6) is -3.06. The largest absolute Gasteiger partial charge is 1.00 e. The average Bonchev–Trinajstić information content (AvgIpc) is 2.89. The van der Waals surface area contributed by atoms with Crippen molar-refractivity contribution >= 4 is 19.4 Å². The molecule has 0 saturated heterocycles. The van der Waals surface area contributed by atoms with Crippen molar-refractivity contribution in [3.05, 3.63) is 23.8 Å². The van der Waals surface area contributed by atoms with Crippen LogP contribution in [0, 0.1) is 28.6 Å². The molecule has 0 bridgehead atoms. The molecule has 2 N–H and O–H groups in total. The van der Waals surface area contributed by atoms with Gasteiger partial charge in [0.15, 0.2) is 17.2 Å². The first-order chi connectivity index (χ1) is 14.6. The van der Waals surface area contributed by atoms with Gasteiger partial charge in [-0.25, -0.2) is 4.39 Å². The van der Waals surface area contributed by atoms with Crippen molar-refractivity contribution in [1.29, 1.82) is 0 Å². The van der Waals surface area contributed by atoms with E-state index in [1.807, 2.05) is 0 Å². The number of halogens is 1. The molecule has 4 aliphatic carbocycles. The van der Waals surface area contributed by atoms with Gasteiger partial charge in [0.1, 0.15) is 12.2 Å². The van der Waals surface area contributed by atoms with Crippen LogP contribution in [0.25, 0.3) is 0 Å². The van der Waals surface area contributed by atoms with Gasteiger partial charge in [0.05, 0.1) is 13.9 Å². The quantitative estimate of drug-likeness (QED) is 0.279. The molecule has 0 aromatic rings. The fraction of sp³-hybridized carbons (Fsp3) is 0.727. The van der Waals surface area contributed by atoms with Gasteiger partial charge in [-0.05, 0) is 56.6 Å². The second kappa shape index (κ2) is 9.83. The number of carbonyl (C=O) groups excluding carboxylic acids is 2. The summed E-state index contributed by atoms with van der Waals surface area (Å²) in [5, 5.41) is 22.8. The van der Waals surface area contributed by atoms with Crippen molar-refractivity contribution in [3.8, 4) is 0 Å². The Morgan fingerprint density at radius 2 is 1.91 bits per heavy atom. The predicted molar refractivity (Wildman–Crippen MR) is 106 cm³/mol. The fourth-order valence-electron chi connectivity index (χ4n) is 7.39. The van der Waals surface area contributed by atoms with E-state index in [1.165, 1.54) is 18.2 Å². The summed E-state index contributed by atoms with van der Waals surface area (Å²) in [4.78, 5) is 46.6. The van der Waals surface area contributed by atoms with Crippen molar-refractivity contribution in [2.45, 2.75) is 63.8 Å². The maximum atomic E-state index is 17.0. The number of rotatable bonds is 4. The van der Waals surface area contributed by atoms with Gasteiger partial charge >= 0.3 is 59.1 Å². The van der Waals surface area contributed by atoms with Crippen molar-refractivity contribution in [2.24, 2.45) is 28.6 Å². The number of aliphatic hydroxyl groups is 2. The first-order valence-electron chi connectivity index (χ1n) is 10.8.